The highest BCUT2D eigenvalue weighted by atomic mass is 35.5. The zero-order valence-electron chi connectivity index (χ0n) is 16.1. The van der Waals surface area contributed by atoms with E-state index in [9.17, 15) is 22.8 Å². The summed E-state index contributed by atoms with van der Waals surface area (Å²) in [4.78, 5) is 28.0. The number of carbonyl (C=O) groups excluding carboxylic acids is 2. The van der Waals surface area contributed by atoms with E-state index in [2.05, 4.69) is 0 Å². The topological polar surface area (TPSA) is 66.6 Å². The van der Waals surface area contributed by atoms with Gasteiger partial charge in [0.2, 0.25) is 11.8 Å². The average Bonchev–Trinajstić information content (AvgIpc) is 2.69. The van der Waals surface area contributed by atoms with E-state index in [1.54, 1.807) is 17.0 Å². The van der Waals surface area contributed by atoms with Crippen molar-refractivity contribution in [2.45, 2.75) is 25.4 Å². The van der Waals surface area contributed by atoms with Crippen molar-refractivity contribution >= 4 is 23.4 Å². The molecule has 1 saturated heterocycles. The molecule has 2 N–H and O–H groups in total. The zero-order chi connectivity index (χ0) is 21.8. The van der Waals surface area contributed by atoms with Crippen molar-refractivity contribution < 1.29 is 22.8 Å². The lowest BCUT2D eigenvalue weighted by atomic mass is 10.0. The first-order valence-corrected chi connectivity index (χ1v) is 9.80. The molecule has 0 saturated carbocycles. The SMILES string of the molecule is N[C@@H](CC(=O)N1CCN(Cc2ccccc2Cl)C(=O)C1)Cc1cc(F)c(F)cc1F. The Bertz CT molecular complexity index is 957. The van der Waals surface area contributed by atoms with Gasteiger partial charge in [0.15, 0.2) is 11.6 Å². The van der Waals surface area contributed by atoms with E-state index in [0.29, 0.717) is 30.7 Å². The van der Waals surface area contributed by atoms with Crippen LogP contribution in [0.15, 0.2) is 36.4 Å². The molecule has 3 rings (SSSR count). The molecule has 1 atom stereocenters. The Morgan fingerprint density at radius 2 is 1.77 bits per heavy atom. The van der Waals surface area contributed by atoms with Gasteiger partial charge in [0.05, 0.1) is 6.54 Å². The number of halogens is 4. The minimum atomic E-state index is -1.28. The van der Waals surface area contributed by atoms with E-state index >= 15 is 0 Å². The van der Waals surface area contributed by atoms with Gasteiger partial charge in [-0.15, -0.1) is 0 Å². The zero-order valence-corrected chi connectivity index (χ0v) is 16.8. The summed E-state index contributed by atoms with van der Waals surface area (Å²) >= 11 is 6.14. The van der Waals surface area contributed by atoms with Gasteiger partial charge in [0.25, 0.3) is 0 Å². The molecule has 2 aromatic carbocycles. The van der Waals surface area contributed by atoms with Crippen LogP contribution in [0.2, 0.25) is 5.02 Å². The van der Waals surface area contributed by atoms with Crippen LogP contribution in [0.1, 0.15) is 17.5 Å². The molecule has 5 nitrogen and oxygen atoms in total. The Labute approximate surface area is 177 Å². The van der Waals surface area contributed by atoms with Crippen LogP contribution in [0.25, 0.3) is 0 Å². The highest BCUT2D eigenvalue weighted by molar-refractivity contribution is 6.31. The van der Waals surface area contributed by atoms with Crippen molar-refractivity contribution in [3.63, 3.8) is 0 Å². The van der Waals surface area contributed by atoms with Gasteiger partial charge >= 0.3 is 0 Å². The second-order valence-corrected chi connectivity index (χ2v) is 7.66. The average molecular weight is 440 g/mol. The summed E-state index contributed by atoms with van der Waals surface area (Å²) in [5, 5.41) is 0.569. The quantitative estimate of drug-likeness (QED) is 0.704. The van der Waals surface area contributed by atoms with Crippen molar-refractivity contribution in [3.05, 3.63) is 70.0 Å². The number of rotatable bonds is 6. The fraction of sp³-hybridized carbons (Fsp3) is 0.333. The molecule has 1 aliphatic heterocycles. The molecule has 1 heterocycles. The summed E-state index contributed by atoms with van der Waals surface area (Å²) < 4.78 is 40.1. The first kappa shape index (κ1) is 22.1. The summed E-state index contributed by atoms with van der Waals surface area (Å²) in [7, 11) is 0. The van der Waals surface area contributed by atoms with Crippen LogP contribution in [0.4, 0.5) is 13.2 Å². The van der Waals surface area contributed by atoms with E-state index in [1.807, 2.05) is 12.1 Å². The van der Waals surface area contributed by atoms with E-state index in [-0.39, 0.29) is 36.8 Å². The lowest BCUT2D eigenvalue weighted by molar-refractivity contribution is -0.145. The third kappa shape index (κ3) is 5.31. The maximum absolute atomic E-state index is 13.8. The monoisotopic (exact) mass is 439 g/mol. The molecule has 0 aromatic heterocycles. The van der Waals surface area contributed by atoms with Crippen molar-refractivity contribution in [3.8, 4) is 0 Å². The molecular weight excluding hydrogens is 419 g/mol. The first-order valence-electron chi connectivity index (χ1n) is 9.42. The Hall–Kier alpha value is -2.58. The molecule has 0 spiro atoms. The van der Waals surface area contributed by atoms with Gasteiger partial charge in [-0.3, -0.25) is 9.59 Å². The van der Waals surface area contributed by atoms with E-state index in [1.165, 1.54) is 4.90 Å². The van der Waals surface area contributed by atoms with Gasteiger partial charge in [0, 0.05) is 43.2 Å². The van der Waals surface area contributed by atoms with Gasteiger partial charge in [-0.1, -0.05) is 29.8 Å². The molecule has 9 heteroatoms. The van der Waals surface area contributed by atoms with Crippen LogP contribution in [-0.4, -0.2) is 47.3 Å². The second-order valence-electron chi connectivity index (χ2n) is 7.25. The summed E-state index contributed by atoms with van der Waals surface area (Å²) in [6.07, 6.45) is -0.272. The highest BCUT2D eigenvalue weighted by Crippen LogP contribution is 2.19. The molecule has 1 fully saturated rings. The minimum absolute atomic E-state index is 0.0878. The predicted molar refractivity (Wildman–Crippen MR) is 106 cm³/mol. The number of nitrogens with zero attached hydrogens (tertiary/aromatic N) is 2. The maximum Gasteiger partial charge on any atom is 0.242 e. The molecule has 0 aliphatic carbocycles. The molecule has 1 aliphatic rings. The van der Waals surface area contributed by atoms with Crippen LogP contribution in [-0.2, 0) is 22.6 Å². The highest BCUT2D eigenvalue weighted by Gasteiger charge is 2.28. The number of nitrogens with two attached hydrogens (primary N) is 1. The lowest BCUT2D eigenvalue weighted by Crippen LogP contribution is -2.52. The third-order valence-electron chi connectivity index (χ3n) is 5.00. The Morgan fingerprint density at radius 1 is 1.07 bits per heavy atom. The normalized spacial score (nSPS) is 15.4. The second kappa shape index (κ2) is 9.49. The fourth-order valence-electron chi connectivity index (χ4n) is 3.35. The number of piperazine rings is 1. The largest absolute Gasteiger partial charge is 0.335 e. The number of hydrogen-bond donors (Lipinski definition) is 1. The van der Waals surface area contributed by atoms with E-state index in [4.69, 9.17) is 17.3 Å². The predicted octanol–water partition coefficient (Wildman–Crippen LogP) is 2.89. The first-order chi connectivity index (χ1) is 14.2. The van der Waals surface area contributed by atoms with Crippen LogP contribution in [0.3, 0.4) is 0 Å². The lowest BCUT2D eigenvalue weighted by Gasteiger charge is -2.35. The number of carbonyl (C=O) groups is 2. The van der Waals surface area contributed by atoms with Crippen molar-refractivity contribution in [2.24, 2.45) is 5.73 Å². The van der Waals surface area contributed by atoms with Crippen molar-refractivity contribution in [2.75, 3.05) is 19.6 Å². The Kier molecular flexibility index (Phi) is 6.99. The molecule has 160 valence electrons. The fourth-order valence-corrected chi connectivity index (χ4v) is 3.54. The van der Waals surface area contributed by atoms with Gasteiger partial charge in [-0.25, -0.2) is 13.2 Å². The number of amides is 2. The minimum Gasteiger partial charge on any atom is -0.335 e. The molecular formula is C21H21ClF3N3O2. The maximum atomic E-state index is 13.8. The standard InChI is InChI=1S/C21H21ClF3N3O2/c22-16-4-2-1-3-13(16)11-27-5-6-28(12-21(27)30)20(29)9-15(26)7-14-8-18(24)19(25)10-17(14)23/h1-4,8,10,15H,5-7,9,11-12,26H2/t15-/m1/s1. The van der Waals surface area contributed by atoms with Gasteiger partial charge in [-0.2, -0.15) is 0 Å². The van der Waals surface area contributed by atoms with Crippen LogP contribution in [0.5, 0.6) is 0 Å². The van der Waals surface area contributed by atoms with Crippen LogP contribution < -0.4 is 5.73 Å². The van der Waals surface area contributed by atoms with E-state index < -0.39 is 23.5 Å². The molecule has 30 heavy (non-hydrogen) atoms. The van der Waals surface area contributed by atoms with Gasteiger partial charge in [-0.05, 0) is 29.7 Å². The van der Waals surface area contributed by atoms with E-state index in [0.717, 1.165) is 11.6 Å². The van der Waals surface area contributed by atoms with Crippen molar-refractivity contribution in [1.29, 1.82) is 0 Å². The van der Waals surface area contributed by atoms with Crippen molar-refractivity contribution in [1.82, 2.24) is 9.80 Å². The van der Waals surface area contributed by atoms with Crippen LogP contribution >= 0.6 is 11.6 Å². The molecule has 2 amide bonds. The Morgan fingerprint density at radius 3 is 2.47 bits per heavy atom. The third-order valence-corrected chi connectivity index (χ3v) is 5.37. The molecule has 0 unspecified atom stereocenters. The Balaban J connectivity index is 1.54. The smallest absolute Gasteiger partial charge is 0.242 e. The summed E-state index contributed by atoms with van der Waals surface area (Å²) in [5.41, 5.74) is 6.63. The molecule has 0 bridgehead atoms. The summed E-state index contributed by atoms with van der Waals surface area (Å²) in [6, 6.07) is 7.62. The molecule has 0 radical (unpaired) electrons. The molecule has 2 aromatic rings. The number of benzene rings is 2. The number of hydrogen-bond acceptors (Lipinski definition) is 3. The van der Waals surface area contributed by atoms with Gasteiger partial charge < -0.3 is 15.5 Å². The van der Waals surface area contributed by atoms with Gasteiger partial charge in [0.1, 0.15) is 5.82 Å². The van der Waals surface area contributed by atoms with Crippen LogP contribution in [0, 0.1) is 17.5 Å². The summed E-state index contributed by atoms with van der Waals surface area (Å²) in [6.45, 7) is 0.953. The summed E-state index contributed by atoms with van der Waals surface area (Å²) in [5.74, 6) is -3.94.